The van der Waals surface area contributed by atoms with Gasteiger partial charge in [0, 0.05) is 6.20 Å². The van der Waals surface area contributed by atoms with Crippen molar-refractivity contribution in [2.45, 2.75) is 12.7 Å². The highest BCUT2D eigenvalue weighted by atomic mass is 32.2. The van der Waals surface area contributed by atoms with E-state index in [0.717, 1.165) is 17.3 Å². The third-order valence-electron chi connectivity index (χ3n) is 1.04. The molecule has 1 aromatic heterocycles. The first-order chi connectivity index (χ1) is 4.33. The van der Waals surface area contributed by atoms with Crippen LogP contribution in [0.1, 0.15) is 11.5 Å². The Balaban J connectivity index is 2.61. The molecular weight excluding hydrogens is 132 g/mol. The van der Waals surface area contributed by atoms with Crippen LogP contribution in [0, 0.1) is 6.92 Å². The van der Waals surface area contributed by atoms with Gasteiger partial charge in [0.15, 0.2) is 0 Å². The van der Waals surface area contributed by atoms with Gasteiger partial charge in [0.05, 0.1) is 11.4 Å². The van der Waals surface area contributed by atoms with Crippen molar-refractivity contribution in [1.82, 2.24) is 9.97 Å². The monoisotopic (exact) mass is 142 g/mol. The molecule has 1 aromatic rings. The molecule has 0 spiro atoms. The first-order valence-corrected chi connectivity index (χ1v) is 4.22. The first kappa shape index (κ1) is 6.68. The van der Waals surface area contributed by atoms with E-state index < -0.39 is 0 Å². The van der Waals surface area contributed by atoms with Crippen LogP contribution >= 0.6 is 11.8 Å². The Hall–Kier alpha value is -0.440. The van der Waals surface area contributed by atoms with Crippen molar-refractivity contribution in [3.05, 3.63) is 17.7 Å². The summed E-state index contributed by atoms with van der Waals surface area (Å²) in [6.45, 7) is 1.99. The number of aryl methyl sites for hydroxylation is 1. The standard InChI is InChI=1S/C6H10N2S/c1-5-3-7-6(8-5)4-9-2/h3H,4H2,1-2H3,(H,7,8). The molecular formula is C6H10N2S. The smallest absolute Gasteiger partial charge is 0.116 e. The molecule has 9 heavy (non-hydrogen) atoms. The highest BCUT2D eigenvalue weighted by molar-refractivity contribution is 7.97. The van der Waals surface area contributed by atoms with Crippen LogP contribution in [0.2, 0.25) is 0 Å². The van der Waals surface area contributed by atoms with Crippen LogP contribution < -0.4 is 0 Å². The van der Waals surface area contributed by atoms with Gasteiger partial charge in [-0.1, -0.05) is 0 Å². The topological polar surface area (TPSA) is 28.7 Å². The number of aromatic nitrogens is 2. The van der Waals surface area contributed by atoms with Gasteiger partial charge < -0.3 is 4.98 Å². The number of nitrogens with zero attached hydrogens (tertiary/aromatic N) is 1. The maximum Gasteiger partial charge on any atom is 0.116 e. The first-order valence-electron chi connectivity index (χ1n) is 2.83. The fourth-order valence-corrected chi connectivity index (χ4v) is 1.10. The summed E-state index contributed by atoms with van der Waals surface area (Å²) in [5, 5.41) is 0. The van der Waals surface area contributed by atoms with Crippen LogP contribution in [0.5, 0.6) is 0 Å². The van der Waals surface area contributed by atoms with Crippen molar-refractivity contribution in [2.24, 2.45) is 0 Å². The van der Waals surface area contributed by atoms with Gasteiger partial charge in [-0.15, -0.1) is 0 Å². The van der Waals surface area contributed by atoms with Gasteiger partial charge in [0.25, 0.3) is 0 Å². The Morgan fingerprint density at radius 1 is 1.78 bits per heavy atom. The maximum absolute atomic E-state index is 4.22. The average Bonchev–Trinajstić information content (AvgIpc) is 2.17. The molecule has 0 aliphatic heterocycles. The molecule has 0 atom stereocenters. The number of hydrogen-bond acceptors (Lipinski definition) is 2. The molecule has 0 amide bonds. The Bertz CT molecular complexity index is 183. The van der Waals surface area contributed by atoms with Gasteiger partial charge in [-0.05, 0) is 13.2 Å². The van der Waals surface area contributed by atoms with E-state index in [-0.39, 0.29) is 0 Å². The summed E-state index contributed by atoms with van der Waals surface area (Å²) < 4.78 is 0. The lowest BCUT2D eigenvalue weighted by atomic mass is 10.6. The van der Waals surface area contributed by atoms with Crippen LogP contribution in [0.15, 0.2) is 6.20 Å². The zero-order valence-corrected chi connectivity index (χ0v) is 6.46. The van der Waals surface area contributed by atoms with Gasteiger partial charge >= 0.3 is 0 Å². The Morgan fingerprint density at radius 3 is 3.00 bits per heavy atom. The summed E-state index contributed by atoms with van der Waals surface area (Å²) in [7, 11) is 0. The zero-order valence-electron chi connectivity index (χ0n) is 5.64. The Labute approximate surface area is 59.1 Å². The van der Waals surface area contributed by atoms with E-state index in [0.29, 0.717) is 0 Å². The molecule has 3 heteroatoms. The zero-order chi connectivity index (χ0) is 6.69. The number of H-pyrrole nitrogens is 1. The number of nitrogens with one attached hydrogen (secondary N) is 1. The quantitative estimate of drug-likeness (QED) is 0.679. The third kappa shape index (κ3) is 1.75. The number of imidazole rings is 1. The van der Waals surface area contributed by atoms with Crippen LogP contribution in [0.25, 0.3) is 0 Å². The van der Waals surface area contributed by atoms with E-state index in [9.17, 15) is 0 Å². The lowest BCUT2D eigenvalue weighted by Gasteiger charge is -1.86. The fourth-order valence-electron chi connectivity index (χ4n) is 0.676. The largest absolute Gasteiger partial charge is 0.348 e. The van der Waals surface area contributed by atoms with Crippen LogP contribution in [-0.2, 0) is 5.75 Å². The molecule has 2 nitrogen and oxygen atoms in total. The van der Waals surface area contributed by atoms with E-state index in [1.807, 2.05) is 13.1 Å². The highest BCUT2D eigenvalue weighted by Gasteiger charge is 1.93. The number of aromatic amines is 1. The second kappa shape index (κ2) is 2.92. The lowest BCUT2D eigenvalue weighted by Crippen LogP contribution is -1.81. The van der Waals surface area contributed by atoms with Crippen molar-refractivity contribution in [3.8, 4) is 0 Å². The van der Waals surface area contributed by atoms with Gasteiger partial charge in [-0.2, -0.15) is 11.8 Å². The second-order valence-electron chi connectivity index (χ2n) is 1.92. The highest BCUT2D eigenvalue weighted by Crippen LogP contribution is 2.03. The van der Waals surface area contributed by atoms with E-state index in [2.05, 4.69) is 16.2 Å². The minimum absolute atomic E-state index is 0.980. The number of hydrogen-bond donors (Lipinski definition) is 1. The summed E-state index contributed by atoms with van der Waals surface area (Å²) in [4.78, 5) is 7.30. The fraction of sp³-hybridized carbons (Fsp3) is 0.500. The Kier molecular flexibility index (Phi) is 2.16. The Morgan fingerprint density at radius 2 is 2.56 bits per heavy atom. The van der Waals surface area contributed by atoms with Gasteiger partial charge in [-0.25, -0.2) is 4.98 Å². The molecule has 0 saturated heterocycles. The summed E-state index contributed by atoms with van der Waals surface area (Å²) in [6.07, 6.45) is 3.99. The molecule has 0 aliphatic carbocycles. The van der Waals surface area contributed by atoms with Crippen molar-refractivity contribution in [2.75, 3.05) is 6.26 Å². The minimum Gasteiger partial charge on any atom is -0.348 e. The van der Waals surface area contributed by atoms with Crippen LogP contribution in [-0.4, -0.2) is 16.2 Å². The molecule has 0 radical (unpaired) electrons. The van der Waals surface area contributed by atoms with Gasteiger partial charge in [0.2, 0.25) is 0 Å². The van der Waals surface area contributed by atoms with E-state index >= 15 is 0 Å². The molecule has 50 valence electrons. The molecule has 1 heterocycles. The van der Waals surface area contributed by atoms with Crippen LogP contribution in [0.4, 0.5) is 0 Å². The van der Waals surface area contributed by atoms with Crippen LogP contribution in [0.3, 0.4) is 0 Å². The molecule has 0 aliphatic rings. The molecule has 1 N–H and O–H groups in total. The molecule has 0 bridgehead atoms. The third-order valence-corrected chi connectivity index (χ3v) is 1.60. The van der Waals surface area contributed by atoms with Crippen molar-refractivity contribution in [1.29, 1.82) is 0 Å². The van der Waals surface area contributed by atoms with Gasteiger partial charge in [0.1, 0.15) is 5.82 Å². The van der Waals surface area contributed by atoms with E-state index in [4.69, 9.17) is 0 Å². The molecule has 0 unspecified atom stereocenters. The summed E-state index contributed by atoms with van der Waals surface area (Å²) in [6, 6.07) is 0. The number of thioether (sulfide) groups is 1. The normalized spacial score (nSPS) is 10.0. The van der Waals surface area contributed by atoms with Crippen molar-refractivity contribution >= 4 is 11.8 Å². The predicted molar refractivity (Wildman–Crippen MR) is 40.5 cm³/mol. The summed E-state index contributed by atoms with van der Waals surface area (Å²) >= 11 is 1.77. The summed E-state index contributed by atoms with van der Waals surface area (Å²) in [5.41, 5.74) is 1.07. The van der Waals surface area contributed by atoms with E-state index in [1.165, 1.54) is 0 Å². The minimum atomic E-state index is 0.980. The molecule has 0 aromatic carbocycles. The summed E-state index contributed by atoms with van der Waals surface area (Å²) in [5.74, 6) is 2.05. The maximum atomic E-state index is 4.22. The second-order valence-corrected chi connectivity index (χ2v) is 2.79. The van der Waals surface area contributed by atoms with Gasteiger partial charge in [-0.3, -0.25) is 0 Å². The lowest BCUT2D eigenvalue weighted by molar-refractivity contribution is 1.11. The van der Waals surface area contributed by atoms with E-state index in [1.54, 1.807) is 11.8 Å². The average molecular weight is 142 g/mol. The van der Waals surface area contributed by atoms with Crippen molar-refractivity contribution < 1.29 is 0 Å². The molecule has 0 fully saturated rings. The van der Waals surface area contributed by atoms with Crippen molar-refractivity contribution in [3.63, 3.8) is 0 Å². The SMILES string of the molecule is CSCc1nc(C)c[nH]1. The molecule has 0 saturated carbocycles. The molecule has 1 rings (SSSR count). The predicted octanol–water partition coefficient (Wildman–Crippen LogP) is 1.58. The number of rotatable bonds is 2.